The average Bonchev–Trinajstić information content (AvgIpc) is 2.48. The number of hydrogen-bond donors (Lipinski definition) is 2. The highest BCUT2D eigenvalue weighted by Crippen LogP contribution is 2.37. The summed E-state index contributed by atoms with van der Waals surface area (Å²) in [6, 6.07) is 1.06. The number of carbonyl (C=O) groups is 1. The van der Waals surface area contributed by atoms with E-state index >= 15 is 0 Å². The molecule has 0 saturated heterocycles. The van der Waals surface area contributed by atoms with Gasteiger partial charge < -0.3 is 15.2 Å². The average molecular weight is 410 g/mol. The molecule has 0 aliphatic heterocycles. The maximum atomic E-state index is 12.4. The number of methoxy groups -OCH3 is 1. The monoisotopic (exact) mass is 409 g/mol. The second-order valence-electron chi connectivity index (χ2n) is 5.97. The molecule has 2 rings (SSSR count). The third-order valence-electron chi connectivity index (χ3n) is 4.10. The van der Waals surface area contributed by atoms with Crippen molar-refractivity contribution in [2.24, 2.45) is 0 Å². The molecule has 2 unspecified atom stereocenters. The maximum absolute atomic E-state index is 12.4. The molecule has 0 heterocycles. The molecular weight excluding hydrogens is 391 g/mol. The number of halogens is 4. The lowest BCUT2D eigenvalue weighted by molar-refractivity contribution is -0.174. The zero-order valence-electron chi connectivity index (χ0n) is 13.3. The topological polar surface area (TPSA) is 58.6 Å². The smallest absolute Gasteiger partial charge is 0.471 e. The van der Waals surface area contributed by atoms with Crippen LogP contribution in [0.1, 0.15) is 30.0 Å². The van der Waals surface area contributed by atoms with E-state index in [4.69, 9.17) is 4.74 Å². The first kappa shape index (κ1) is 19.1. The van der Waals surface area contributed by atoms with Gasteiger partial charge in [0.15, 0.2) is 0 Å². The zero-order chi connectivity index (χ0) is 18.1. The van der Waals surface area contributed by atoms with Crippen molar-refractivity contribution >= 4 is 21.8 Å². The number of carbonyl (C=O) groups excluding carboxylic acids is 1. The second-order valence-corrected chi connectivity index (χ2v) is 6.82. The molecule has 1 aliphatic rings. The van der Waals surface area contributed by atoms with Crippen molar-refractivity contribution in [1.82, 2.24) is 5.32 Å². The molecule has 2 atom stereocenters. The third kappa shape index (κ3) is 4.22. The van der Waals surface area contributed by atoms with Crippen LogP contribution in [-0.2, 0) is 24.1 Å². The Morgan fingerprint density at radius 1 is 1.50 bits per heavy atom. The van der Waals surface area contributed by atoms with E-state index in [1.807, 2.05) is 5.32 Å². The molecule has 2 N–H and O–H groups in total. The van der Waals surface area contributed by atoms with Crippen LogP contribution in [0, 0.1) is 0 Å². The number of hydrogen-bond acceptors (Lipinski definition) is 3. The molecule has 8 heteroatoms. The van der Waals surface area contributed by atoms with Crippen LogP contribution in [0.2, 0.25) is 0 Å². The van der Waals surface area contributed by atoms with Crippen molar-refractivity contribution in [3.8, 4) is 5.75 Å². The molecule has 0 aromatic heterocycles. The lowest BCUT2D eigenvalue weighted by Crippen LogP contribution is -2.42. The van der Waals surface area contributed by atoms with Crippen LogP contribution >= 0.6 is 15.9 Å². The van der Waals surface area contributed by atoms with E-state index in [-0.39, 0.29) is 6.42 Å². The van der Waals surface area contributed by atoms with Crippen molar-refractivity contribution in [1.29, 1.82) is 0 Å². The fourth-order valence-corrected chi connectivity index (χ4v) is 3.64. The molecule has 1 aliphatic carbocycles. The maximum Gasteiger partial charge on any atom is 0.471 e. The summed E-state index contributed by atoms with van der Waals surface area (Å²) in [4.78, 5) is 11.1. The van der Waals surface area contributed by atoms with Crippen LogP contribution in [0.4, 0.5) is 13.2 Å². The van der Waals surface area contributed by atoms with E-state index in [1.165, 1.54) is 14.0 Å². The van der Waals surface area contributed by atoms with Gasteiger partial charge in [-0.2, -0.15) is 13.2 Å². The molecule has 4 nitrogen and oxygen atoms in total. The largest absolute Gasteiger partial charge is 0.496 e. The molecule has 1 aromatic rings. The molecule has 134 valence electrons. The van der Waals surface area contributed by atoms with Gasteiger partial charge in [-0.15, -0.1) is 0 Å². The first-order valence-corrected chi connectivity index (χ1v) is 8.35. The number of amides is 1. The van der Waals surface area contributed by atoms with Crippen molar-refractivity contribution in [3.63, 3.8) is 0 Å². The van der Waals surface area contributed by atoms with Gasteiger partial charge in [0.05, 0.1) is 13.2 Å². The van der Waals surface area contributed by atoms with Crippen LogP contribution in [0.5, 0.6) is 5.75 Å². The zero-order valence-corrected chi connectivity index (χ0v) is 14.9. The Labute approximate surface area is 146 Å². The predicted octanol–water partition coefficient (Wildman–Crippen LogP) is 2.92. The first-order valence-electron chi connectivity index (χ1n) is 7.56. The van der Waals surface area contributed by atoms with Gasteiger partial charge in [-0.05, 0) is 55.4 Å². The fourth-order valence-electron chi connectivity index (χ4n) is 3.00. The second kappa shape index (κ2) is 7.31. The molecule has 0 radical (unpaired) electrons. The quantitative estimate of drug-likeness (QED) is 0.803. The number of benzene rings is 1. The third-order valence-corrected chi connectivity index (χ3v) is 4.81. The summed E-state index contributed by atoms with van der Waals surface area (Å²) in [5.74, 6) is -1.43. The van der Waals surface area contributed by atoms with Gasteiger partial charge in [-0.25, -0.2) is 0 Å². The Kier molecular flexibility index (Phi) is 5.80. The number of aliphatic hydroxyl groups excluding tert-OH is 1. The van der Waals surface area contributed by atoms with Crippen LogP contribution in [0.3, 0.4) is 0 Å². The number of fused-ring (bicyclic) bond motifs is 1. The molecule has 0 saturated carbocycles. The SMILES string of the molecule is COc1cc(Br)c2c(c1CC(C)NC(=O)C(F)(F)F)CC(O)CC2. The molecule has 0 spiro atoms. The van der Waals surface area contributed by atoms with Gasteiger partial charge in [0.25, 0.3) is 0 Å². The summed E-state index contributed by atoms with van der Waals surface area (Å²) < 4.78 is 43.4. The van der Waals surface area contributed by atoms with Crippen molar-refractivity contribution < 1.29 is 27.8 Å². The van der Waals surface area contributed by atoms with Crippen LogP contribution in [0.15, 0.2) is 10.5 Å². The van der Waals surface area contributed by atoms with E-state index in [9.17, 15) is 23.1 Å². The number of alkyl halides is 3. The summed E-state index contributed by atoms with van der Waals surface area (Å²) in [5, 5.41) is 11.9. The number of nitrogens with one attached hydrogen (secondary N) is 1. The van der Waals surface area contributed by atoms with Gasteiger partial charge in [0.2, 0.25) is 0 Å². The molecule has 1 amide bonds. The Balaban J connectivity index is 2.30. The summed E-state index contributed by atoms with van der Waals surface area (Å²) >= 11 is 3.48. The molecule has 0 bridgehead atoms. The first-order chi connectivity index (χ1) is 11.1. The van der Waals surface area contributed by atoms with Crippen molar-refractivity contribution in [3.05, 3.63) is 27.2 Å². The fraction of sp³-hybridized carbons (Fsp3) is 0.562. The normalized spacial score (nSPS) is 18.7. The van der Waals surface area contributed by atoms with Crippen molar-refractivity contribution in [2.75, 3.05) is 7.11 Å². The minimum absolute atomic E-state index is 0.188. The summed E-state index contributed by atoms with van der Waals surface area (Å²) in [6.45, 7) is 1.51. The lowest BCUT2D eigenvalue weighted by atomic mass is 9.84. The van der Waals surface area contributed by atoms with Gasteiger partial charge in [-0.3, -0.25) is 4.79 Å². The van der Waals surface area contributed by atoms with E-state index < -0.39 is 24.2 Å². The van der Waals surface area contributed by atoms with Crippen LogP contribution in [0.25, 0.3) is 0 Å². The summed E-state index contributed by atoms with van der Waals surface area (Å²) in [6.07, 6.45) is -3.48. The Morgan fingerprint density at radius 2 is 2.17 bits per heavy atom. The van der Waals surface area contributed by atoms with Crippen LogP contribution < -0.4 is 10.1 Å². The van der Waals surface area contributed by atoms with E-state index in [0.29, 0.717) is 25.0 Å². The van der Waals surface area contributed by atoms with Gasteiger partial charge in [-0.1, -0.05) is 15.9 Å². The van der Waals surface area contributed by atoms with E-state index in [2.05, 4.69) is 15.9 Å². The Morgan fingerprint density at radius 3 is 2.75 bits per heavy atom. The van der Waals surface area contributed by atoms with Crippen molar-refractivity contribution in [2.45, 2.75) is 50.9 Å². The van der Waals surface area contributed by atoms with Gasteiger partial charge >= 0.3 is 12.1 Å². The minimum Gasteiger partial charge on any atom is -0.496 e. The Bertz CT molecular complexity index is 634. The highest BCUT2D eigenvalue weighted by molar-refractivity contribution is 9.10. The summed E-state index contributed by atoms with van der Waals surface area (Å²) in [5.41, 5.74) is 2.64. The lowest BCUT2D eigenvalue weighted by Gasteiger charge is -2.27. The predicted molar refractivity (Wildman–Crippen MR) is 86.1 cm³/mol. The van der Waals surface area contributed by atoms with Gasteiger partial charge in [0, 0.05) is 10.5 Å². The minimum atomic E-state index is -4.91. The Hall–Kier alpha value is -1.28. The highest BCUT2D eigenvalue weighted by Gasteiger charge is 2.39. The standard InChI is InChI=1S/C16H19BrF3NO3/c1-8(21-15(23)16(18,19)20)5-12-11-6-9(22)3-4-10(11)13(17)7-14(12)24-2/h7-9,22H,3-6H2,1-2H3,(H,21,23). The molecular formula is C16H19BrF3NO3. The number of ether oxygens (including phenoxy) is 1. The number of rotatable bonds is 4. The molecule has 24 heavy (non-hydrogen) atoms. The number of aliphatic hydroxyl groups is 1. The highest BCUT2D eigenvalue weighted by atomic mass is 79.9. The summed E-state index contributed by atoms with van der Waals surface area (Å²) in [7, 11) is 1.48. The van der Waals surface area contributed by atoms with Gasteiger partial charge in [0.1, 0.15) is 5.75 Å². The van der Waals surface area contributed by atoms with E-state index in [1.54, 1.807) is 6.07 Å². The van der Waals surface area contributed by atoms with Crippen LogP contribution in [-0.4, -0.2) is 36.4 Å². The van der Waals surface area contributed by atoms with E-state index in [0.717, 1.165) is 21.2 Å². The molecule has 1 aromatic carbocycles. The molecule has 0 fully saturated rings.